The van der Waals surface area contributed by atoms with Gasteiger partial charge in [0.15, 0.2) is 0 Å². The molecule has 3 unspecified atom stereocenters. The molecular formula is C12H20O. The van der Waals surface area contributed by atoms with Crippen LogP contribution in [0.2, 0.25) is 0 Å². The number of carbonyl (C=O) groups excluding carboxylic acids is 1. The lowest BCUT2D eigenvalue weighted by Crippen LogP contribution is -2.52. The predicted molar refractivity (Wildman–Crippen MR) is 53.4 cm³/mol. The third-order valence-corrected chi connectivity index (χ3v) is 4.39. The highest BCUT2D eigenvalue weighted by molar-refractivity contribution is 5.86. The van der Waals surface area contributed by atoms with Gasteiger partial charge in [-0.2, -0.15) is 0 Å². The van der Waals surface area contributed by atoms with Crippen molar-refractivity contribution in [2.24, 2.45) is 22.7 Å². The summed E-state index contributed by atoms with van der Waals surface area (Å²) in [5.74, 6) is 1.91. The molecule has 2 bridgehead atoms. The first-order chi connectivity index (χ1) is 5.85. The van der Waals surface area contributed by atoms with Crippen molar-refractivity contribution in [3.8, 4) is 0 Å². The lowest BCUT2D eigenvalue weighted by molar-refractivity contribution is -0.151. The second-order valence-electron chi connectivity index (χ2n) is 6.14. The fourth-order valence-corrected chi connectivity index (χ4v) is 3.97. The highest BCUT2D eigenvalue weighted by Crippen LogP contribution is 2.58. The first-order valence-corrected chi connectivity index (χ1v) is 5.38. The van der Waals surface area contributed by atoms with Gasteiger partial charge in [0, 0.05) is 11.8 Å². The van der Waals surface area contributed by atoms with Crippen LogP contribution in [0.15, 0.2) is 0 Å². The van der Waals surface area contributed by atoms with E-state index in [1.807, 2.05) is 0 Å². The third kappa shape index (κ3) is 1.16. The van der Waals surface area contributed by atoms with Crippen LogP contribution in [0.3, 0.4) is 0 Å². The maximum Gasteiger partial charge on any atom is 0.139 e. The molecule has 0 radical (unpaired) electrons. The third-order valence-electron chi connectivity index (χ3n) is 4.39. The van der Waals surface area contributed by atoms with Crippen LogP contribution in [0.25, 0.3) is 0 Å². The van der Waals surface area contributed by atoms with Crippen molar-refractivity contribution < 1.29 is 4.79 Å². The summed E-state index contributed by atoms with van der Waals surface area (Å²) in [5, 5.41) is 0. The lowest BCUT2D eigenvalue weighted by atomic mass is 9.48. The molecule has 3 aliphatic rings. The fraction of sp³-hybridized carbons (Fsp3) is 0.917. The van der Waals surface area contributed by atoms with Crippen LogP contribution in [0.4, 0.5) is 0 Å². The van der Waals surface area contributed by atoms with E-state index in [1.165, 1.54) is 0 Å². The highest BCUT2D eigenvalue weighted by Gasteiger charge is 2.55. The molecule has 0 spiro atoms. The van der Waals surface area contributed by atoms with Gasteiger partial charge in [-0.25, -0.2) is 0 Å². The molecule has 3 atom stereocenters. The molecule has 0 amide bonds. The summed E-state index contributed by atoms with van der Waals surface area (Å²) in [6.45, 7) is 9.15. The zero-order valence-corrected chi connectivity index (χ0v) is 9.18. The van der Waals surface area contributed by atoms with Crippen LogP contribution in [-0.4, -0.2) is 5.78 Å². The molecule has 1 heteroatoms. The SMILES string of the molecule is CC1CC2(C)CC(C)(C)C1CC2=O. The molecule has 0 heterocycles. The first-order valence-electron chi connectivity index (χ1n) is 5.38. The van der Waals surface area contributed by atoms with Crippen LogP contribution in [0.5, 0.6) is 0 Å². The summed E-state index contributed by atoms with van der Waals surface area (Å²) in [6.07, 6.45) is 3.07. The highest BCUT2D eigenvalue weighted by atomic mass is 16.1. The van der Waals surface area contributed by atoms with Crippen molar-refractivity contribution in [1.29, 1.82) is 0 Å². The monoisotopic (exact) mass is 180 g/mol. The van der Waals surface area contributed by atoms with E-state index in [0.717, 1.165) is 25.2 Å². The number of Topliss-reactive ketones (excluding diaryl/α,β-unsaturated/α-hetero) is 1. The van der Waals surface area contributed by atoms with E-state index in [-0.39, 0.29) is 5.41 Å². The van der Waals surface area contributed by atoms with Gasteiger partial charge in [0.1, 0.15) is 5.78 Å². The van der Waals surface area contributed by atoms with Crippen molar-refractivity contribution in [3.05, 3.63) is 0 Å². The van der Waals surface area contributed by atoms with Crippen molar-refractivity contribution in [2.75, 3.05) is 0 Å². The van der Waals surface area contributed by atoms with Gasteiger partial charge >= 0.3 is 0 Å². The molecule has 0 saturated heterocycles. The molecule has 0 aliphatic heterocycles. The Kier molecular flexibility index (Phi) is 1.68. The van der Waals surface area contributed by atoms with Gasteiger partial charge < -0.3 is 0 Å². The average Bonchev–Trinajstić information content (AvgIpc) is 1.92. The van der Waals surface area contributed by atoms with Crippen molar-refractivity contribution >= 4 is 5.78 Å². The molecule has 0 aromatic rings. The number of carbonyl (C=O) groups is 1. The van der Waals surface area contributed by atoms with Crippen LogP contribution in [-0.2, 0) is 4.79 Å². The normalized spacial score (nSPS) is 48.2. The van der Waals surface area contributed by atoms with Gasteiger partial charge in [0.25, 0.3) is 0 Å². The predicted octanol–water partition coefficient (Wildman–Crippen LogP) is 3.04. The van der Waals surface area contributed by atoms with E-state index in [4.69, 9.17) is 0 Å². The molecule has 3 fully saturated rings. The molecule has 0 aromatic heterocycles. The summed E-state index contributed by atoms with van der Waals surface area (Å²) >= 11 is 0. The number of rotatable bonds is 0. The second-order valence-corrected chi connectivity index (χ2v) is 6.14. The van der Waals surface area contributed by atoms with Crippen LogP contribution >= 0.6 is 0 Å². The molecule has 0 N–H and O–H groups in total. The molecule has 13 heavy (non-hydrogen) atoms. The average molecular weight is 180 g/mol. The Morgan fingerprint density at radius 2 is 1.92 bits per heavy atom. The van der Waals surface area contributed by atoms with Gasteiger partial charge in [-0.1, -0.05) is 27.7 Å². The minimum Gasteiger partial charge on any atom is -0.299 e. The quantitative estimate of drug-likeness (QED) is 0.560. The number of hydrogen-bond donors (Lipinski definition) is 0. The molecule has 1 nitrogen and oxygen atoms in total. The van der Waals surface area contributed by atoms with Crippen molar-refractivity contribution in [1.82, 2.24) is 0 Å². The van der Waals surface area contributed by atoms with Crippen LogP contribution in [0, 0.1) is 22.7 Å². The van der Waals surface area contributed by atoms with Crippen LogP contribution in [0.1, 0.15) is 47.0 Å². The first kappa shape index (κ1) is 9.23. The van der Waals surface area contributed by atoms with Crippen LogP contribution < -0.4 is 0 Å². The Morgan fingerprint density at radius 1 is 1.31 bits per heavy atom. The fourth-order valence-electron chi connectivity index (χ4n) is 3.97. The van der Waals surface area contributed by atoms with Gasteiger partial charge in [0.2, 0.25) is 0 Å². The Bertz CT molecular complexity index is 254. The van der Waals surface area contributed by atoms with E-state index in [1.54, 1.807) is 0 Å². The standard InChI is InChI=1S/C12H20O/c1-8-6-12(4)7-11(2,3)9(8)5-10(12)13/h8-9H,5-7H2,1-4H3. The minimum atomic E-state index is 0.0116. The molecule has 3 rings (SSSR count). The summed E-state index contributed by atoms with van der Waals surface area (Å²) in [5.41, 5.74) is 0.401. The van der Waals surface area contributed by atoms with E-state index in [0.29, 0.717) is 17.1 Å². The smallest absolute Gasteiger partial charge is 0.139 e. The summed E-state index contributed by atoms with van der Waals surface area (Å²) in [6, 6.07) is 0. The Balaban J connectivity index is 2.37. The van der Waals surface area contributed by atoms with Crippen molar-refractivity contribution in [3.63, 3.8) is 0 Å². The number of hydrogen-bond acceptors (Lipinski definition) is 1. The largest absolute Gasteiger partial charge is 0.299 e. The molecule has 0 aromatic carbocycles. The maximum absolute atomic E-state index is 11.8. The van der Waals surface area contributed by atoms with Crippen molar-refractivity contribution in [2.45, 2.75) is 47.0 Å². The zero-order valence-electron chi connectivity index (χ0n) is 9.18. The number of ketones is 1. The second kappa shape index (κ2) is 2.37. The minimum absolute atomic E-state index is 0.0116. The van der Waals surface area contributed by atoms with E-state index < -0.39 is 0 Å². The summed E-state index contributed by atoms with van der Waals surface area (Å²) in [4.78, 5) is 11.8. The van der Waals surface area contributed by atoms with E-state index in [9.17, 15) is 4.79 Å². The molecule has 3 aliphatic carbocycles. The van der Waals surface area contributed by atoms with Gasteiger partial charge in [-0.05, 0) is 30.1 Å². The zero-order chi connectivity index (χ0) is 9.85. The number of fused-ring (bicyclic) bond motifs is 3. The van der Waals surface area contributed by atoms with Gasteiger partial charge in [-0.3, -0.25) is 4.79 Å². The topological polar surface area (TPSA) is 17.1 Å². The van der Waals surface area contributed by atoms with Gasteiger partial charge in [0.05, 0.1) is 0 Å². The Morgan fingerprint density at radius 3 is 2.38 bits per heavy atom. The van der Waals surface area contributed by atoms with E-state index in [2.05, 4.69) is 27.7 Å². The maximum atomic E-state index is 11.8. The molecule has 74 valence electrons. The Hall–Kier alpha value is -0.330. The Labute approximate surface area is 80.9 Å². The lowest BCUT2D eigenvalue weighted by Gasteiger charge is -2.55. The van der Waals surface area contributed by atoms with E-state index >= 15 is 0 Å². The molecular weight excluding hydrogens is 160 g/mol. The molecule has 3 saturated carbocycles. The summed E-state index contributed by atoms with van der Waals surface area (Å²) < 4.78 is 0. The van der Waals surface area contributed by atoms with Gasteiger partial charge in [-0.15, -0.1) is 0 Å². The summed E-state index contributed by atoms with van der Waals surface area (Å²) in [7, 11) is 0.